The van der Waals surface area contributed by atoms with E-state index in [4.69, 9.17) is 5.73 Å². The molecule has 0 rings (SSSR count). The Hall–Kier alpha value is -0.570. The van der Waals surface area contributed by atoms with Crippen LogP contribution in [0.15, 0.2) is 0 Å². The van der Waals surface area contributed by atoms with E-state index in [9.17, 15) is 4.79 Å². The van der Waals surface area contributed by atoms with Crippen molar-refractivity contribution in [1.29, 1.82) is 0 Å². The Kier molecular flexibility index (Phi) is 7.48. The molecule has 0 spiro atoms. The molecule has 0 saturated carbocycles. The fourth-order valence-electron chi connectivity index (χ4n) is 1.29. The molecule has 0 fully saturated rings. The summed E-state index contributed by atoms with van der Waals surface area (Å²) in [6, 6.07) is 0.212. The van der Waals surface area contributed by atoms with Crippen LogP contribution in [0.3, 0.4) is 0 Å². The predicted molar refractivity (Wildman–Crippen MR) is 60.0 cm³/mol. The molecule has 1 unspecified atom stereocenters. The SMILES string of the molecule is CCCCN(C)C(=O)CCCC(C)N. The monoisotopic (exact) mass is 200 g/mol. The van der Waals surface area contributed by atoms with E-state index >= 15 is 0 Å². The number of hydrogen-bond acceptors (Lipinski definition) is 2. The van der Waals surface area contributed by atoms with E-state index < -0.39 is 0 Å². The molecule has 0 saturated heterocycles. The first-order valence-electron chi connectivity index (χ1n) is 5.57. The van der Waals surface area contributed by atoms with E-state index in [1.165, 1.54) is 0 Å². The summed E-state index contributed by atoms with van der Waals surface area (Å²) in [7, 11) is 1.88. The lowest BCUT2D eigenvalue weighted by molar-refractivity contribution is -0.130. The Morgan fingerprint density at radius 3 is 2.57 bits per heavy atom. The van der Waals surface area contributed by atoms with E-state index in [0.29, 0.717) is 6.42 Å². The molecule has 3 nitrogen and oxygen atoms in total. The fraction of sp³-hybridized carbons (Fsp3) is 0.909. The lowest BCUT2D eigenvalue weighted by atomic mass is 10.1. The molecule has 0 aromatic heterocycles. The van der Waals surface area contributed by atoms with Crippen molar-refractivity contribution >= 4 is 5.91 Å². The molecule has 0 radical (unpaired) electrons. The Morgan fingerprint density at radius 2 is 2.07 bits per heavy atom. The number of carbonyl (C=O) groups is 1. The number of nitrogens with two attached hydrogens (primary N) is 1. The van der Waals surface area contributed by atoms with Crippen molar-refractivity contribution in [3.8, 4) is 0 Å². The Morgan fingerprint density at radius 1 is 1.43 bits per heavy atom. The molecule has 84 valence electrons. The summed E-state index contributed by atoms with van der Waals surface area (Å²) in [6.45, 7) is 4.99. The molecule has 0 bridgehead atoms. The zero-order valence-corrected chi connectivity index (χ0v) is 9.75. The summed E-state index contributed by atoms with van der Waals surface area (Å²) in [5.74, 6) is 0.249. The van der Waals surface area contributed by atoms with Crippen molar-refractivity contribution in [2.24, 2.45) is 5.73 Å². The number of hydrogen-bond donors (Lipinski definition) is 1. The highest BCUT2D eigenvalue weighted by Crippen LogP contribution is 2.02. The highest BCUT2D eigenvalue weighted by molar-refractivity contribution is 5.75. The smallest absolute Gasteiger partial charge is 0.222 e. The van der Waals surface area contributed by atoms with Crippen LogP contribution in [-0.2, 0) is 4.79 Å². The zero-order chi connectivity index (χ0) is 11.0. The van der Waals surface area contributed by atoms with Crippen LogP contribution in [0.5, 0.6) is 0 Å². The molecule has 0 aliphatic carbocycles. The molecule has 1 atom stereocenters. The maximum absolute atomic E-state index is 11.5. The average molecular weight is 200 g/mol. The van der Waals surface area contributed by atoms with Gasteiger partial charge in [0.25, 0.3) is 0 Å². The predicted octanol–water partition coefficient (Wildman–Crippen LogP) is 1.76. The van der Waals surface area contributed by atoms with Crippen molar-refractivity contribution in [3.05, 3.63) is 0 Å². The fourth-order valence-corrected chi connectivity index (χ4v) is 1.29. The van der Waals surface area contributed by atoms with Gasteiger partial charge in [0.2, 0.25) is 5.91 Å². The van der Waals surface area contributed by atoms with E-state index in [2.05, 4.69) is 6.92 Å². The van der Waals surface area contributed by atoms with Crippen LogP contribution in [0.4, 0.5) is 0 Å². The molecule has 1 amide bonds. The van der Waals surface area contributed by atoms with Gasteiger partial charge in [0.1, 0.15) is 0 Å². The topological polar surface area (TPSA) is 46.3 Å². The second-order valence-electron chi connectivity index (χ2n) is 4.04. The second kappa shape index (κ2) is 7.80. The van der Waals surface area contributed by atoms with Gasteiger partial charge in [-0.2, -0.15) is 0 Å². The van der Waals surface area contributed by atoms with Crippen LogP contribution < -0.4 is 5.73 Å². The molecule has 0 aliphatic rings. The molecule has 0 aromatic rings. The van der Waals surface area contributed by atoms with Gasteiger partial charge in [-0.05, 0) is 26.2 Å². The summed E-state index contributed by atoms with van der Waals surface area (Å²) in [5, 5.41) is 0. The lowest BCUT2D eigenvalue weighted by Crippen LogP contribution is -2.27. The van der Waals surface area contributed by atoms with Crippen molar-refractivity contribution in [3.63, 3.8) is 0 Å². The minimum atomic E-state index is 0.212. The van der Waals surface area contributed by atoms with Crippen molar-refractivity contribution in [1.82, 2.24) is 4.90 Å². The molecule has 14 heavy (non-hydrogen) atoms. The largest absolute Gasteiger partial charge is 0.346 e. The second-order valence-corrected chi connectivity index (χ2v) is 4.04. The van der Waals surface area contributed by atoms with E-state index in [1.807, 2.05) is 18.9 Å². The van der Waals surface area contributed by atoms with E-state index in [0.717, 1.165) is 32.2 Å². The van der Waals surface area contributed by atoms with Gasteiger partial charge in [0.15, 0.2) is 0 Å². The number of rotatable bonds is 7. The molecule has 0 heterocycles. The summed E-state index contributed by atoms with van der Waals surface area (Å²) in [5.41, 5.74) is 5.61. The Bertz CT molecular complexity index is 157. The number of nitrogens with zero attached hydrogens (tertiary/aromatic N) is 1. The molecular formula is C11H24N2O. The summed E-state index contributed by atoms with van der Waals surface area (Å²) < 4.78 is 0. The Labute approximate surface area is 87.6 Å². The van der Waals surface area contributed by atoms with Gasteiger partial charge in [-0.15, -0.1) is 0 Å². The number of amides is 1. The first-order valence-corrected chi connectivity index (χ1v) is 5.57. The van der Waals surface area contributed by atoms with Gasteiger partial charge in [-0.25, -0.2) is 0 Å². The van der Waals surface area contributed by atoms with Crippen LogP contribution in [0, 0.1) is 0 Å². The Balaban J connectivity index is 3.52. The first kappa shape index (κ1) is 13.4. The van der Waals surface area contributed by atoms with Crippen LogP contribution in [-0.4, -0.2) is 30.4 Å². The zero-order valence-electron chi connectivity index (χ0n) is 9.75. The van der Waals surface area contributed by atoms with Crippen molar-refractivity contribution < 1.29 is 4.79 Å². The maximum Gasteiger partial charge on any atom is 0.222 e. The summed E-state index contributed by atoms with van der Waals surface area (Å²) >= 11 is 0. The molecule has 0 aromatic carbocycles. The third kappa shape index (κ3) is 6.89. The minimum absolute atomic E-state index is 0.212. The molecule has 3 heteroatoms. The van der Waals surface area contributed by atoms with Crippen LogP contribution >= 0.6 is 0 Å². The first-order chi connectivity index (χ1) is 6.57. The standard InChI is InChI=1S/C11H24N2O/c1-4-5-9-13(3)11(14)8-6-7-10(2)12/h10H,4-9,12H2,1-3H3. The van der Waals surface area contributed by atoms with Gasteiger partial charge in [-0.1, -0.05) is 13.3 Å². The normalized spacial score (nSPS) is 12.6. The molecular weight excluding hydrogens is 176 g/mol. The van der Waals surface area contributed by atoms with Crippen LogP contribution in [0.1, 0.15) is 46.0 Å². The number of unbranched alkanes of at least 4 members (excludes halogenated alkanes) is 1. The van der Waals surface area contributed by atoms with Gasteiger partial charge < -0.3 is 10.6 Å². The minimum Gasteiger partial charge on any atom is -0.346 e. The van der Waals surface area contributed by atoms with Crippen LogP contribution in [0.25, 0.3) is 0 Å². The van der Waals surface area contributed by atoms with Gasteiger partial charge in [-0.3, -0.25) is 4.79 Å². The van der Waals surface area contributed by atoms with Gasteiger partial charge in [0.05, 0.1) is 0 Å². The van der Waals surface area contributed by atoms with Gasteiger partial charge in [0, 0.05) is 26.1 Å². The maximum atomic E-state index is 11.5. The third-order valence-corrected chi connectivity index (χ3v) is 2.32. The van der Waals surface area contributed by atoms with Crippen LogP contribution in [0.2, 0.25) is 0 Å². The quantitative estimate of drug-likeness (QED) is 0.680. The summed E-state index contributed by atoms with van der Waals surface area (Å²) in [4.78, 5) is 13.3. The number of carbonyl (C=O) groups excluding carboxylic acids is 1. The van der Waals surface area contributed by atoms with Crippen molar-refractivity contribution in [2.75, 3.05) is 13.6 Å². The highest BCUT2D eigenvalue weighted by atomic mass is 16.2. The van der Waals surface area contributed by atoms with E-state index in [-0.39, 0.29) is 11.9 Å². The lowest BCUT2D eigenvalue weighted by Gasteiger charge is -2.16. The average Bonchev–Trinajstić information content (AvgIpc) is 2.13. The highest BCUT2D eigenvalue weighted by Gasteiger charge is 2.07. The summed E-state index contributed by atoms with van der Waals surface area (Å²) in [6.07, 6.45) is 4.72. The van der Waals surface area contributed by atoms with Gasteiger partial charge >= 0.3 is 0 Å². The third-order valence-electron chi connectivity index (χ3n) is 2.32. The van der Waals surface area contributed by atoms with Crippen molar-refractivity contribution in [2.45, 2.75) is 52.0 Å². The van der Waals surface area contributed by atoms with E-state index in [1.54, 1.807) is 0 Å². The molecule has 2 N–H and O–H groups in total. The molecule has 0 aliphatic heterocycles.